The van der Waals surface area contributed by atoms with Gasteiger partial charge in [0.05, 0.1) is 21.2 Å². The van der Waals surface area contributed by atoms with Gasteiger partial charge in [0.25, 0.3) is 11.8 Å². The molecular formula is C16H9BrCl2N2O3. The van der Waals surface area contributed by atoms with Crippen LogP contribution in [0.4, 0.5) is 5.69 Å². The van der Waals surface area contributed by atoms with E-state index in [0.717, 1.165) is 9.37 Å². The van der Waals surface area contributed by atoms with E-state index in [9.17, 15) is 14.4 Å². The second kappa shape index (κ2) is 6.55. The van der Waals surface area contributed by atoms with E-state index in [0.29, 0.717) is 5.69 Å². The van der Waals surface area contributed by atoms with Crippen LogP contribution in [0.2, 0.25) is 10.0 Å². The molecule has 5 nitrogen and oxygen atoms in total. The lowest BCUT2D eigenvalue weighted by Gasteiger charge is -2.13. The first-order valence-corrected chi connectivity index (χ1v) is 8.32. The van der Waals surface area contributed by atoms with E-state index in [2.05, 4.69) is 21.2 Å². The molecule has 0 aromatic heterocycles. The molecule has 0 radical (unpaired) electrons. The monoisotopic (exact) mass is 426 g/mol. The average molecular weight is 428 g/mol. The van der Waals surface area contributed by atoms with E-state index >= 15 is 0 Å². The maximum atomic E-state index is 12.3. The second-order valence-corrected chi connectivity index (χ2v) is 6.79. The maximum absolute atomic E-state index is 12.3. The summed E-state index contributed by atoms with van der Waals surface area (Å²) in [4.78, 5) is 37.6. The second-order valence-electron chi connectivity index (χ2n) is 5.06. The van der Waals surface area contributed by atoms with E-state index in [-0.39, 0.29) is 21.2 Å². The molecule has 8 heteroatoms. The van der Waals surface area contributed by atoms with Crippen LogP contribution in [0, 0.1) is 0 Å². The summed E-state index contributed by atoms with van der Waals surface area (Å²) in [5, 5.41) is 2.99. The third kappa shape index (κ3) is 3.17. The zero-order valence-corrected chi connectivity index (χ0v) is 15.1. The lowest BCUT2D eigenvalue weighted by Crippen LogP contribution is -2.37. The highest BCUT2D eigenvalue weighted by molar-refractivity contribution is 9.10. The average Bonchev–Trinajstić information content (AvgIpc) is 2.75. The number of benzene rings is 2. The number of fused-ring (bicyclic) bond motifs is 1. The van der Waals surface area contributed by atoms with Crippen LogP contribution in [0.25, 0.3) is 0 Å². The fourth-order valence-electron chi connectivity index (χ4n) is 2.30. The quantitative estimate of drug-likeness (QED) is 0.753. The zero-order chi connectivity index (χ0) is 17.4. The summed E-state index contributed by atoms with van der Waals surface area (Å²) in [6.07, 6.45) is 0. The van der Waals surface area contributed by atoms with Gasteiger partial charge in [0, 0.05) is 10.2 Å². The largest absolute Gasteiger partial charge is 0.325 e. The predicted molar refractivity (Wildman–Crippen MR) is 94.6 cm³/mol. The van der Waals surface area contributed by atoms with E-state index < -0.39 is 24.3 Å². The minimum absolute atomic E-state index is 0.144. The van der Waals surface area contributed by atoms with Crippen molar-refractivity contribution in [1.29, 1.82) is 0 Å². The molecule has 0 atom stereocenters. The molecule has 3 rings (SSSR count). The molecule has 122 valence electrons. The van der Waals surface area contributed by atoms with Crippen LogP contribution in [0.3, 0.4) is 0 Å². The molecule has 0 spiro atoms. The molecule has 1 heterocycles. The third-order valence-electron chi connectivity index (χ3n) is 3.44. The van der Waals surface area contributed by atoms with Gasteiger partial charge in [-0.25, -0.2) is 0 Å². The van der Waals surface area contributed by atoms with Crippen LogP contribution in [0.5, 0.6) is 0 Å². The van der Waals surface area contributed by atoms with E-state index in [1.54, 1.807) is 24.3 Å². The first-order valence-electron chi connectivity index (χ1n) is 6.77. The summed E-state index contributed by atoms with van der Waals surface area (Å²) in [6, 6.07) is 9.61. The predicted octanol–water partition coefficient (Wildman–Crippen LogP) is 3.99. The Morgan fingerprint density at radius 2 is 1.50 bits per heavy atom. The number of imide groups is 1. The smallest absolute Gasteiger partial charge is 0.262 e. The number of rotatable bonds is 3. The number of hydrogen-bond acceptors (Lipinski definition) is 3. The van der Waals surface area contributed by atoms with Crippen molar-refractivity contribution in [3.8, 4) is 0 Å². The molecule has 2 aromatic rings. The van der Waals surface area contributed by atoms with Gasteiger partial charge in [-0.1, -0.05) is 39.1 Å². The number of hydrogen-bond donors (Lipinski definition) is 1. The topological polar surface area (TPSA) is 66.5 Å². The van der Waals surface area contributed by atoms with Crippen LogP contribution in [0.1, 0.15) is 20.7 Å². The Kier molecular flexibility index (Phi) is 4.62. The molecule has 1 aliphatic heterocycles. The Morgan fingerprint density at radius 3 is 2.00 bits per heavy atom. The van der Waals surface area contributed by atoms with Crippen LogP contribution in [0.15, 0.2) is 40.9 Å². The SMILES string of the molecule is O=C(CN1C(=O)c2cc(Cl)c(Cl)cc2C1=O)Nc1ccc(Br)cc1. The van der Waals surface area contributed by atoms with Crippen LogP contribution in [-0.4, -0.2) is 29.2 Å². The number of nitrogens with zero attached hydrogens (tertiary/aromatic N) is 1. The fraction of sp³-hybridized carbons (Fsp3) is 0.0625. The number of amides is 3. The molecule has 0 fully saturated rings. The zero-order valence-electron chi connectivity index (χ0n) is 12.0. The highest BCUT2D eigenvalue weighted by Gasteiger charge is 2.37. The lowest BCUT2D eigenvalue weighted by molar-refractivity contribution is -0.116. The lowest BCUT2D eigenvalue weighted by atomic mass is 10.1. The van der Waals surface area contributed by atoms with E-state index in [1.165, 1.54) is 12.1 Å². The fourth-order valence-corrected chi connectivity index (χ4v) is 2.90. The van der Waals surface area contributed by atoms with Crippen LogP contribution < -0.4 is 5.32 Å². The van der Waals surface area contributed by atoms with E-state index in [4.69, 9.17) is 23.2 Å². The Balaban J connectivity index is 1.76. The Hall–Kier alpha value is -1.89. The van der Waals surface area contributed by atoms with E-state index in [1.807, 2.05) is 0 Å². The minimum atomic E-state index is -0.570. The number of nitrogens with one attached hydrogen (secondary N) is 1. The Bertz CT molecular complexity index is 827. The van der Waals surface area contributed by atoms with Gasteiger partial charge in [-0.15, -0.1) is 0 Å². The molecule has 0 bridgehead atoms. The molecule has 0 aliphatic carbocycles. The molecule has 0 unspecified atom stereocenters. The molecule has 24 heavy (non-hydrogen) atoms. The summed E-state index contributed by atoms with van der Waals surface area (Å²) < 4.78 is 0.870. The van der Waals surface area contributed by atoms with Crippen molar-refractivity contribution in [3.05, 3.63) is 62.0 Å². The summed E-state index contributed by atoms with van der Waals surface area (Å²) in [6.45, 7) is -0.391. The number of anilines is 1. The molecular weight excluding hydrogens is 419 g/mol. The molecule has 0 saturated carbocycles. The first kappa shape index (κ1) is 17.0. The first-order chi connectivity index (χ1) is 11.4. The van der Waals surface area contributed by atoms with Gasteiger partial charge in [0.15, 0.2) is 0 Å². The standard InChI is InChI=1S/C16H9BrCl2N2O3/c17-8-1-3-9(4-2-8)20-14(22)7-21-15(23)10-5-12(18)13(19)6-11(10)16(21)24/h1-6H,7H2,(H,20,22). The normalized spacial score (nSPS) is 13.2. The van der Waals surface area contributed by atoms with Gasteiger partial charge in [0.2, 0.25) is 5.91 Å². The van der Waals surface area contributed by atoms with Crippen molar-refractivity contribution in [1.82, 2.24) is 4.90 Å². The number of halogens is 3. The molecule has 1 aliphatic rings. The summed E-state index contributed by atoms with van der Waals surface area (Å²) >= 11 is 15.1. The molecule has 0 saturated heterocycles. The number of carbonyl (C=O) groups is 3. The van der Waals surface area contributed by atoms with Gasteiger partial charge >= 0.3 is 0 Å². The highest BCUT2D eigenvalue weighted by atomic mass is 79.9. The Labute approximate surface area is 155 Å². The van der Waals surface area contributed by atoms with Crippen molar-refractivity contribution in [3.63, 3.8) is 0 Å². The Morgan fingerprint density at radius 1 is 1.00 bits per heavy atom. The summed E-state index contributed by atoms with van der Waals surface area (Å²) in [5.74, 6) is -1.62. The van der Waals surface area contributed by atoms with Crippen molar-refractivity contribution >= 4 is 62.5 Å². The van der Waals surface area contributed by atoms with Crippen molar-refractivity contribution in [2.45, 2.75) is 0 Å². The van der Waals surface area contributed by atoms with Gasteiger partial charge in [-0.3, -0.25) is 19.3 Å². The summed E-state index contributed by atoms with van der Waals surface area (Å²) in [5.41, 5.74) is 0.850. The van der Waals surface area contributed by atoms with Crippen molar-refractivity contribution in [2.24, 2.45) is 0 Å². The number of carbonyl (C=O) groups excluding carboxylic acids is 3. The van der Waals surface area contributed by atoms with Gasteiger partial charge in [0.1, 0.15) is 6.54 Å². The van der Waals surface area contributed by atoms with Crippen LogP contribution in [-0.2, 0) is 4.79 Å². The molecule has 2 aromatic carbocycles. The highest BCUT2D eigenvalue weighted by Crippen LogP contribution is 2.31. The molecule has 3 amide bonds. The van der Waals surface area contributed by atoms with Gasteiger partial charge in [-0.2, -0.15) is 0 Å². The van der Waals surface area contributed by atoms with Crippen molar-refractivity contribution in [2.75, 3.05) is 11.9 Å². The third-order valence-corrected chi connectivity index (χ3v) is 4.69. The van der Waals surface area contributed by atoms with Gasteiger partial charge < -0.3 is 5.32 Å². The maximum Gasteiger partial charge on any atom is 0.262 e. The minimum Gasteiger partial charge on any atom is -0.325 e. The molecule has 1 N–H and O–H groups in total. The van der Waals surface area contributed by atoms with Gasteiger partial charge in [-0.05, 0) is 36.4 Å². The van der Waals surface area contributed by atoms with Crippen LogP contribution >= 0.6 is 39.1 Å². The van der Waals surface area contributed by atoms with Crippen molar-refractivity contribution < 1.29 is 14.4 Å². The summed E-state index contributed by atoms with van der Waals surface area (Å²) in [7, 11) is 0.